The molecule has 0 aromatic heterocycles. The molecule has 2 rings (SSSR count). The monoisotopic (exact) mass is 436 g/mol. The summed E-state index contributed by atoms with van der Waals surface area (Å²) >= 11 is 0. The number of carboxylic acid groups (broad SMARTS) is 1. The third kappa shape index (κ3) is 6.59. The van der Waals surface area contributed by atoms with E-state index in [-0.39, 0.29) is 0 Å². The van der Waals surface area contributed by atoms with Gasteiger partial charge in [0, 0.05) is 13.5 Å². The molecule has 3 N–H and O–H groups in total. The summed E-state index contributed by atoms with van der Waals surface area (Å²) in [6.45, 7) is 9.61. The molecule has 10 heteroatoms. The first kappa shape index (κ1) is 25.0. The molecule has 1 heterocycles. The number of para-hydroxylation sites is 1. The smallest absolute Gasteiger partial charge is 0.481 e. The summed E-state index contributed by atoms with van der Waals surface area (Å²) < 4.78 is 23.2. The quantitative estimate of drug-likeness (QED) is 0.482. The van der Waals surface area contributed by atoms with Gasteiger partial charge < -0.3 is 34.5 Å². The van der Waals surface area contributed by atoms with Crippen LogP contribution >= 0.6 is 0 Å². The summed E-state index contributed by atoms with van der Waals surface area (Å²) in [7, 11) is 0.685. The van der Waals surface area contributed by atoms with Crippen molar-refractivity contribution in [2.75, 3.05) is 13.7 Å². The van der Waals surface area contributed by atoms with Gasteiger partial charge in [0.05, 0.1) is 29.9 Å². The number of hydrogen-bond donors (Lipinski definition) is 3. The average molecular weight is 436 g/mol. The van der Waals surface area contributed by atoms with Crippen molar-refractivity contribution in [1.82, 2.24) is 10.6 Å². The standard InChI is InChI=1S/C21H33BN2O7/c1-14(28-6)17(24-19(26)27)18(25)23-16(12-13-29-15-10-8-7-9-11-15)22-30-20(2,3)21(4,5)31-22/h7-11,14,16-17,24H,12-13H2,1-6H3,(H,23,25)(H,26,27). The Morgan fingerprint density at radius 1 is 1.10 bits per heavy atom. The summed E-state index contributed by atoms with van der Waals surface area (Å²) in [6, 6.07) is 8.23. The number of methoxy groups -OCH3 is 1. The van der Waals surface area contributed by atoms with Crippen LogP contribution in [0.4, 0.5) is 4.79 Å². The van der Waals surface area contributed by atoms with Crippen LogP contribution < -0.4 is 15.4 Å². The Morgan fingerprint density at radius 3 is 2.19 bits per heavy atom. The number of amides is 2. The van der Waals surface area contributed by atoms with Crippen molar-refractivity contribution in [3.05, 3.63) is 30.3 Å². The van der Waals surface area contributed by atoms with E-state index in [0.29, 0.717) is 18.8 Å². The molecule has 1 fully saturated rings. The zero-order chi connectivity index (χ0) is 23.2. The van der Waals surface area contributed by atoms with Gasteiger partial charge in [-0.15, -0.1) is 0 Å². The van der Waals surface area contributed by atoms with Crippen LogP contribution in [-0.4, -0.2) is 67.2 Å². The third-order valence-corrected chi connectivity index (χ3v) is 5.77. The average Bonchev–Trinajstić information content (AvgIpc) is 2.92. The Hall–Kier alpha value is -2.30. The Bertz CT molecular complexity index is 729. The van der Waals surface area contributed by atoms with E-state index in [4.69, 9.17) is 23.9 Å². The van der Waals surface area contributed by atoms with Crippen molar-refractivity contribution in [3.63, 3.8) is 0 Å². The van der Waals surface area contributed by atoms with Crippen molar-refractivity contribution in [2.45, 2.75) is 70.3 Å². The first-order valence-corrected chi connectivity index (χ1v) is 10.3. The van der Waals surface area contributed by atoms with Crippen LogP contribution in [0.1, 0.15) is 41.0 Å². The number of rotatable bonds is 10. The lowest BCUT2D eigenvalue weighted by atomic mass is 9.76. The van der Waals surface area contributed by atoms with Crippen LogP contribution in [0.15, 0.2) is 30.3 Å². The topological polar surface area (TPSA) is 115 Å². The second-order valence-corrected chi connectivity index (χ2v) is 8.56. The molecule has 172 valence electrons. The molecule has 0 saturated carbocycles. The molecule has 1 aliphatic rings. The molecule has 3 atom stereocenters. The number of nitrogens with one attached hydrogen (secondary N) is 2. The van der Waals surface area contributed by atoms with Crippen LogP contribution in [0.5, 0.6) is 5.75 Å². The molecular weight excluding hydrogens is 403 g/mol. The number of hydrogen-bond acceptors (Lipinski definition) is 6. The molecule has 1 saturated heterocycles. The number of ether oxygens (including phenoxy) is 2. The summed E-state index contributed by atoms with van der Waals surface area (Å²) in [5.74, 6) is -0.393. The molecular formula is C21H33BN2O7. The molecule has 0 bridgehead atoms. The van der Waals surface area contributed by atoms with Crippen LogP contribution in [0.25, 0.3) is 0 Å². The van der Waals surface area contributed by atoms with Crippen molar-refractivity contribution in [1.29, 1.82) is 0 Å². The number of benzene rings is 1. The lowest BCUT2D eigenvalue weighted by Crippen LogP contribution is -2.58. The predicted octanol–water partition coefficient (Wildman–Crippen LogP) is 2.24. The summed E-state index contributed by atoms with van der Waals surface area (Å²) in [5, 5.41) is 14.2. The molecule has 3 unspecified atom stereocenters. The molecule has 1 aromatic carbocycles. The van der Waals surface area contributed by atoms with Gasteiger partial charge in [-0.2, -0.15) is 0 Å². The fourth-order valence-corrected chi connectivity index (χ4v) is 3.09. The molecule has 9 nitrogen and oxygen atoms in total. The van der Waals surface area contributed by atoms with Gasteiger partial charge in [0.15, 0.2) is 0 Å². The molecule has 1 aromatic rings. The fourth-order valence-electron chi connectivity index (χ4n) is 3.09. The summed E-state index contributed by atoms with van der Waals surface area (Å²) in [6.07, 6.45) is -1.60. The van der Waals surface area contributed by atoms with Crippen LogP contribution in [0, 0.1) is 0 Å². The minimum absolute atomic E-state index is 0.301. The van der Waals surface area contributed by atoms with E-state index in [1.807, 2.05) is 58.0 Å². The minimum atomic E-state index is -1.32. The van der Waals surface area contributed by atoms with Gasteiger partial charge in [-0.3, -0.25) is 4.79 Å². The SMILES string of the molecule is COC(C)C(NC(=O)O)C(=O)NC(CCOc1ccccc1)B1OC(C)(C)C(C)(C)O1. The van der Waals surface area contributed by atoms with E-state index in [2.05, 4.69) is 10.6 Å². The van der Waals surface area contributed by atoms with Crippen molar-refractivity contribution >= 4 is 19.1 Å². The Kier molecular flexibility index (Phi) is 8.33. The molecule has 2 amide bonds. The zero-order valence-corrected chi connectivity index (χ0v) is 19.0. The van der Waals surface area contributed by atoms with E-state index >= 15 is 0 Å². The largest absolute Gasteiger partial charge is 0.494 e. The van der Waals surface area contributed by atoms with Crippen LogP contribution in [0.3, 0.4) is 0 Å². The van der Waals surface area contributed by atoms with Gasteiger partial charge in [-0.05, 0) is 46.8 Å². The highest BCUT2D eigenvalue weighted by Crippen LogP contribution is 2.37. The lowest BCUT2D eigenvalue weighted by Gasteiger charge is -2.32. The van der Waals surface area contributed by atoms with E-state index in [9.17, 15) is 9.59 Å². The molecule has 0 spiro atoms. The predicted molar refractivity (Wildman–Crippen MR) is 116 cm³/mol. The highest BCUT2D eigenvalue weighted by atomic mass is 16.7. The summed E-state index contributed by atoms with van der Waals surface area (Å²) in [4.78, 5) is 24.1. The second kappa shape index (κ2) is 10.3. The number of carbonyl (C=O) groups excluding carboxylic acids is 1. The van der Waals surface area contributed by atoms with Crippen molar-refractivity contribution in [3.8, 4) is 5.75 Å². The Morgan fingerprint density at radius 2 is 1.68 bits per heavy atom. The van der Waals surface area contributed by atoms with Gasteiger partial charge in [-0.1, -0.05) is 18.2 Å². The van der Waals surface area contributed by atoms with E-state index < -0.39 is 48.4 Å². The molecule has 1 aliphatic heterocycles. The highest BCUT2D eigenvalue weighted by Gasteiger charge is 2.54. The minimum Gasteiger partial charge on any atom is -0.494 e. The van der Waals surface area contributed by atoms with E-state index in [1.54, 1.807) is 6.92 Å². The fraction of sp³-hybridized carbons (Fsp3) is 0.619. The second-order valence-electron chi connectivity index (χ2n) is 8.56. The van der Waals surface area contributed by atoms with Gasteiger partial charge in [0.1, 0.15) is 11.8 Å². The molecule has 0 radical (unpaired) electrons. The van der Waals surface area contributed by atoms with Gasteiger partial charge in [0.25, 0.3) is 0 Å². The van der Waals surface area contributed by atoms with E-state index in [1.165, 1.54) is 7.11 Å². The number of carbonyl (C=O) groups is 2. The molecule has 31 heavy (non-hydrogen) atoms. The van der Waals surface area contributed by atoms with Crippen LogP contribution in [0.2, 0.25) is 0 Å². The Balaban J connectivity index is 2.14. The molecule has 0 aliphatic carbocycles. The normalized spacial score (nSPS) is 19.9. The first-order chi connectivity index (χ1) is 14.5. The van der Waals surface area contributed by atoms with Gasteiger partial charge in [0.2, 0.25) is 5.91 Å². The van der Waals surface area contributed by atoms with Crippen LogP contribution in [-0.2, 0) is 18.8 Å². The zero-order valence-electron chi connectivity index (χ0n) is 19.0. The van der Waals surface area contributed by atoms with Crippen molar-refractivity contribution in [2.24, 2.45) is 0 Å². The Labute approximate surface area is 183 Å². The maximum Gasteiger partial charge on any atom is 0.481 e. The van der Waals surface area contributed by atoms with E-state index in [0.717, 1.165) is 0 Å². The van der Waals surface area contributed by atoms with Gasteiger partial charge >= 0.3 is 13.2 Å². The third-order valence-electron chi connectivity index (χ3n) is 5.77. The van der Waals surface area contributed by atoms with Crippen molar-refractivity contribution < 1.29 is 33.5 Å². The van der Waals surface area contributed by atoms with Gasteiger partial charge in [-0.25, -0.2) is 4.79 Å². The maximum atomic E-state index is 12.9. The maximum absolute atomic E-state index is 12.9. The first-order valence-electron chi connectivity index (χ1n) is 10.3. The summed E-state index contributed by atoms with van der Waals surface area (Å²) in [5.41, 5.74) is -1.17. The lowest BCUT2D eigenvalue weighted by molar-refractivity contribution is -0.126. The highest BCUT2D eigenvalue weighted by molar-refractivity contribution is 6.48.